The monoisotopic (exact) mass is 235 g/mol. The van der Waals surface area contributed by atoms with Crippen LogP contribution in [0.15, 0.2) is 24.3 Å². The fourth-order valence-electron chi connectivity index (χ4n) is 1.02. The smallest absolute Gasteiger partial charge is 0.413 e. The third-order valence-electron chi connectivity index (χ3n) is 1.65. The number of nitrogens with one attached hydrogen (secondary N) is 1. The highest BCUT2D eigenvalue weighted by Gasteiger charge is 2.30. The van der Waals surface area contributed by atoms with Crippen LogP contribution in [0.3, 0.4) is 0 Å². The van der Waals surface area contributed by atoms with Crippen LogP contribution in [0, 0.1) is 0 Å². The van der Waals surface area contributed by atoms with Crippen molar-refractivity contribution in [2.45, 2.75) is 12.9 Å². The van der Waals surface area contributed by atoms with Crippen LogP contribution >= 0.6 is 0 Å². The topological polar surface area (TPSA) is 61.7 Å². The Kier molecular flexibility index (Phi) is 4.16. The number of benzene rings is 1. The maximum atomic E-state index is 11.8. The summed E-state index contributed by atoms with van der Waals surface area (Å²) >= 11 is 0. The number of hydrogen-bond donors (Lipinski definition) is 3. The zero-order valence-electron chi connectivity index (χ0n) is 8.03. The van der Waals surface area contributed by atoms with Crippen molar-refractivity contribution in [3.63, 3.8) is 0 Å². The Morgan fingerprint density at radius 3 is 2.19 bits per heavy atom. The van der Waals surface area contributed by atoms with E-state index in [1.165, 1.54) is 12.1 Å². The summed E-state index contributed by atoms with van der Waals surface area (Å²) in [4.78, 5) is 0. The van der Waals surface area contributed by atoms with Crippen molar-refractivity contribution in [2.24, 2.45) is 0 Å². The van der Waals surface area contributed by atoms with Gasteiger partial charge in [0.05, 0.1) is 0 Å². The Morgan fingerprint density at radius 2 is 1.75 bits per heavy atom. The summed E-state index contributed by atoms with van der Waals surface area (Å²) in [6.07, 6.45) is -4.71. The lowest BCUT2D eigenvalue weighted by Crippen LogP contribution is -2.33. The van der Waals surface area contributed by atoms with Gasteiger partial charge in [-0.25, -0.2) is 0 Å². The quantitative estimate of drug-likeness (QED) is 0.670. The van der Waals surface area contributed by atoms with Gasteiger partial charge in [-0.15, -0.1) is 13.2 Å². The fourth-order valence-corrected chi connectivity index (χ4v) is 1.02. The molecule has 1 aromatic rings. The summed E-state index contributed by atoms with van der Waals surface area (Å²) in [6, 6.07) is 5.06. The molecule has 1 aromatic carbocycles. The van der Waals surface area contributed by atoms with Gasteiger partial charge in [0.1, 0.15) is 5.75 Å². The first-order valence-corrected chi connectivity index (χ1v) is 4.31. The van der Waals surface area contributed by atoms with Gasteiger partial charge in [0, 0.05) is 6.54 Å². The number of hydrogen-bond acceptors (Lipinski definition) is 4. The van der Waals surface area contributed by atoms with Crippen molar-refractivity contribution in [2.75, 3.05) is 0 Å². The number of rotatable bonds is 4. The fraction of sp³-hybridized carbons (Fsp3) is 0.250. The van der Waals surface area contributed by atoms with Gasteiger partial charge in [-0.2, -0.15) is 0 Å². The first-order chi connectivity index (χ1) is 7.37. The molecule has 0 aliphatic carbocycles. The molecule has 0 spiro atoms. The Bertz CT molecular complexity index is 328. The van der Waals surface area contributed by atoms with Gasteiger partial charge in [-0.05, 0) is 17.7 Å². The Balaban J connectivity index is 2.54. The molecule has 0 saturated carbocycles. The second-order valence-corrected chi connectivity index (χ2v) is 2.95. The minimum atomic E-state index is -4.71. The van der Waals surface area contributed by atoms with Crippen LogP contribution in [0.25, 0.3) is 0 Å². The van der Waals surface area contributed by atoms with Gasteiger partial charge >= 0.3 is 13.6 Å². The van der Waals surface area contributed by atoms with Gasteiger partial charge in [-0.1, -0.05) is 12.1 Å². The van der Waals surface area contributed by atoms with Gasteiger partial charge in [0.2, 0.25) is 0 Å². The van der Waals surface area contributed by atoms with Crippen molar-refractivity contribution < 1.29 is 28.0 Å². The Morgan fingerprint density at radius 1 is 1.19 bits per heavy atom. The van der Waals surface area contributed by atoms with Crippen molar-refractivity contribution in [1.82, 2.24) is 5.23 Å². The van der Waals surface area contributed by atoms with Gasteiger partial charge in [-0.3, -0.25) is 0 Å². The molecule has 0 fully saturated rings. The predicted molar refractivity (Wildman–Crippen MR) is 50.2 cm³/mol. The number of halogens is 3. The van der Waals surface area contributed by atoms with E-state index in [1.807, 2.05) is 0 Å². The SMILES string of the molecule is OB(O)NCc1ccc(OC(F)(F)F)cc1. The summed E-state index contributed by atoms with van der Waals surface area (Å²) in [7, 11) is -1.66. The normalized spacial score (nSPS) is 11.3. The summed E-state index contributed by atoms with van der Waals surface area (Å²) < 4.78 is 39.0. The highest BCUT2D eigenvalue weighted by atomic mass is 19.4. The van der Waals surface area contributed by atoms with Crippen LogP contribution in [0.2, 0.25) is 0 Å². The van der Waals surface area contributed by atoms with Gasteiger partial charge < -0.3 is 20.0 Å². The molecule has 88 valence electrons. The van der Waals surface area contributed by atoms with Crippen molar-refractivity contribution >= 4 is 7.25 Å². The van der Waals surface area contributed by atoms with E-state index in [9.17, 15) is 13.2 Å². The lowest BCUT2D eigenvalue weighted by atomic mass is 10.1. The molecule has 0 bridgehead atoms. The minimum absolute atomic E-state index is 0.129. The van der Waals surface area contributed by atoms with E-state index in [1.54, 1.807) is 0 Å². The van der Waals surface area contributed by atoms with Crippen LogP contribution < -0.4 is 9.96 Å². The zero-order chi connectivity index (χ0) is 12.2. The second-order valence-electron chi connectivity index (χ2n) is 2.95. The molecule has 0 radical (unpaired) electrons. The molecule has 0 heterocycles. The predicted octanol–water partition coefficient (Wildman–Crippen LogP) is 0.644. The van der Waals surface area contributed by atoms with Crippen LogP contribution in [-0.2, 0) is 6.54 Å². The average molecular weight is 235 g/mol. The molecule has 3 N–H and O–H groups in total. The standard InChI is InChI=1S/C8H9BF3NO3/c10-8(11,12)16-7-3-1-6(2-4-7)5-13-9(14)15/h1-4,13-15H,5H2. The molecule has 4 nitrogen and oxygen atoms in total. The summed E-state index contributed by atoms with van der Waals surface area (Å²) in [5.74, 6) is -0.319. The molecular weight excluding hydrogens is 226 g/mol. The highest BCUT2D eigenvalue weighted by Crippen LogP contribution is 2.22. The molecule has 8 heteroatoms. The van der Waals surface area contributed by atoms with E-state index in [0.717, 1.165) is 12.1 Å². The van der Waals surface area contributed by atoms with Gasteiger partial charge in [0.25, 0.3) is 0 Å². The third-order valence-corrected chi connectivity index (χ3v) is 1.65. The maximum Gasteiger partial charge on any atom is 0.573 e. The maximum absolute atomic E-state index is 11.8. The molecular formula is C8H9BF3NO3. The summed E-state index contributed by atoms with van der Waals surface area (Å²) in [5, 5.41) is 19.3. The summed E-state index contributed by atoms with van der Waals surface area (Å²) in [6.45, 7) is 0.129. The molecule has 0 saturated heterocycles. The molecule has 1 rings (SSSR count). The lowest BCUT2D eigenvalue weighted by Gasteiger charge is -2.09. The van der Waals surface area contributed by atoms with Crippen molar-refractivity contribution in [1.29, 1.82) is 0 Å². The zero-order valence-corrected chi connectivity index (χ0v) is 8.03. The Labute approximate surface area is 89.8 Å². The van der Waals surface area contributed by atoms with Crippen LogP contribution in [-0.4, -0.2) is 23.7 Å². The Hall–Kier alpha value is -1.25. The van der Waals surface area contributed by atoms with Crippen LogP contribution in [0.1, 0.15) is 5.56 Å². The number of alkyl halides is 3. The van der Waals surface area contributed by atoms with Crippen molar-refractivity contribution in [3.05, 3.63) is 29.8 Å². The molecule has 16 heavy (non-hydrogen) atoms. The third kappa shape index (κ3) is 5.01. The van der Waals surface area contributed by atoms with E-state index >= 15 is 0 Å². The number of ether oxygens (including phenoxy) is 1. The molecule has 0 amide bonds. The largest absolute Gasteiger partial charge is 0.573 e. The van der Waals surface area contributed by atoms with E-state index in [-0.39, 0.29) is 12.3 Å². The minimum Gasteiger partial charge on any atom is -0.413 e. The first kappa shape index (κ1) is 12.8. The molecule has 0 aliphatic heterocycles. The highest BCUT2D eigenvalue weighted by molar-refractivity contribution is 6.37. The summed E-state index contributed by atoms with van der Waals surface area (Å²) in [5.41, 5.74) is 0.600. The van der Waals surface area contributed by atoms with Gasteiger partial charge in [0.15, 0.2) is 0 Å². The molecule has 0 aliphatic rings. The molecule has 0 aromatic heterocycles. The molecule has 0 unspecified atom stereocenters. The van der Waals surface area contributed by atoms with E-state index in [2.05, 4.69) is 9.96 Å². The van der Waals surface area contributed by atoms with Crippen LogP contribution in [0.4, 0.5) is 13.2 Å². The average Bonchev–Trinajstić information content (AvgIpc) is 2.14. The van der Waals surface area contributed by atoms with E-state index in [4.69, 9.17) is 10.0 Å². The van der Waals surface area contributed by atoms with E-state index in [0.29, 0.717) is 5.56 Å². The lowest BCUT2D eigenvalue weighted by molar-refractivity contribution is -0.274. The molecule has 0 atom stereocenters. The van der Waals surface area contributed by atoms with Crippen molar-refractivity contribution in [3.8, 4) is 5.75 Å². The first-order valence-electron chi connectivity index (χ1n) is 4.31. The van der Waals surface area contributed by atoms with E-state index < -0.39 is 13.6 Å². The van der Waals surface area contributed by atoms with Crippen LogP contribution in [0.5, 0.6) is 5.75 Å². The second kappa shape index (κ2) is 5.19.